The molecular weight excluding hydrogens is 378 g/mol. The van der Waals surface area contributed by atoms with Gasteiger partial charge in [-0.2, -0.15) is 0 Å². The number of aromatic carboxylic acids is 1. The maximum Gasteiger partial charge on any atom is 0.341 e. The van der Waals surface area contributed by atoms with Gasteiger partial charge < -0.3 is 9.67 Å². The van der Waals surface area contributed by atoms with Gasteiger partial charge in [0.25, 0.3) is 0 Å². The van der Waals surface area contributed by atoms with E-state index in [-0.39, 0.29) is 5.56 Å². The summed E-state index contributed by atoms with van der Waals surface area (Å²) < 4.78 is 3.54. The average molecular weight is 387 g/mol. The lowest BCUT2D eigenvalue weighted by molar-refractivity contribution is 0.0694. The molecule has 1 aliphatic heterocycles. The van der Waals surface area contributed by atoms with E-state index in [1.54, 1.807) is 6.07 Å². The number of hydrogen-bond donors (Lipinski definition) is 1. The van der Waals surface area contributed by atoms with Gasteiger partial charge in [0.1, 0.15) is 5.56 Å². The first-order valence-electron chi connectivity index (χ1n) is 5.78. The lowest BCUT2D eigenvalue weighted by Crippen LogP contribution is -2.21. The van der Waals surface area contributed by atoms with Crippen LogP contribution in [0.5, 0.6) is 0 Å². The molecule has 4 nitrogen and oxygen atoms in total. The zero-order chi connectivity index (χ0) is 13.7. The van der Waals surface area contributed by atoms with Crippen LogP contribution in [0.4, 0.5) is 0 Å². The van der Waals surface area contributed by atoms with E-state index in [2.05, 4.69) is 31.9 Å². The molecule has 0 atom stereocenters. The van der Waals surface area contributed by atoms with Gasteiger partial charge in [0.05, 0.1) is 5.52 Å². The first-order valence-corrected chi connectivity index (χ1v) is 7.37. The summed E-state index contributed by atoms with van der Waals surface area (Å²) in [4.78, 5) is 23.7. The van der Waals surface area contributed by atoms with Crippen molar-refractivity contribution < 1.29 is 9.90 Å². The standard InChI is InChI=1S/C13H9Br2NO3/c14-7-4-6-10(5-8(7)15)16-3-1-2-9(16)11(12(6)17)13(18)19/h4-5H,1-3H2,(H,18,19). The van der Waals surface area contributed by atoms with Crippen LogP contribution in [0.3, 0.4) is 0 Å². The number of aromatic nitrogens is 1. The molecule has 0 saturated carbocycles. The van der Waals surface area contributed by atoms with E-state index in [0.29, 0.717) is 17.5 Å². The molecular formula is C13H9Br2NO3. The van der Waals surface area contributed by atoms with Gasteiger partial charge in [-0.05, 0) is 56.8 Å². The molecule has 19 heavy (non-hydrogen) atoms. The molecule has 3 rings (SSSR count). The van der Waals surface area contributed by atoms with Crippen molar-refractivity contribution in [2.75, 3.05) is 0 Å². The summed E-state index contributed by atoms with van der Waals surface area (Å²) in [6.07, 6.45) is 1.51. The highest BCUT2D eigenvalue weighted by Crippen LogP contribution is 2.30. The highest BCUT2D eigenvalue weighted by Gasteiger charge is 2.25. The van der Waals surface area contributed by atoms with Crippen LogP contribution in [0, 0.1) is 0 Å². The van der Waals surface area contributed by atoms with Crippen molar-refractivity contribution >= 4 is 48.7 Å². The molecule has 0 unspecified atom stereocenters. The summed E-state index contributed by atoms with van der Waals surface area (Å²) in [5.41, 5.74) is 0.944. The Bertz CT molecular complexity index is 780. The summed E-state index contributed by atoms with van der Waals surface area (Å²) in [7, 11) is 0. The molecule has 0 spiro atoms. The molecule has 2 heterocycles. The molecule has 0 amide bonds. The highest BCUT2D eigenvalue weighted by molar-refractivity contribution is 9.13. The second kappa shape index (κ2) is 4.45. The Morgan fingerprint density at radius 3 is 2.63 bits per heavy atom. The van der Waals surface area contributed by atoms with Crippen LogP contribution in [0.2, 0.25) is 0 Å². The van der Waals surface area contributed by atoms with E-state index in [1.807, 2.05) is 10.6 Å². The van der Waals surface area contributed by atoms with Crippen molar-refractivity contribution in [3.8, 4) is 0 Å². The van der Waals surface area contributed by atoms with Crippen LogP contribution < -0.4 is 5.43 Å². The van der Waals surface area contributed by atoms with Gasteiger partial charge >= 0.3 is 5.97 Å². The maximum atomic E-state index is 12.4. The molecule has 2 aromatic rings. The Hall–Kier alpha value is -1.14. The second-order valence-corrected chi connectivity index (χ2v) is 6.20. The minimum Gasteiger partial charge on any atom is -0.477 e. The molecule has 1 N–H and O–H groups in total. The lowest BCUT2D eigenvalue weighted by Gasteiger charge is -2.12. The van der Waals surface area contributed by atoms with E-state index < -0.39 is 11.4 Å². The van der Waals surface area contributed by atoms with Crippen molar-refractivity contribution in [3.05, 3.63) is 42.6 Å². The fourth-order valence-electron chi connectivity index (χ4n) is 2.63. The van der Waals surface area contributed by atoms with Gasteiger partial charge in [0.15, 0.2) is 0 Å². The van der Waals surface area contributed by atoms with Crippen LogP contribution in [-0.4, -0.2) is 15.6 Å². The number of carboxylic acid groups (broad SMARTS) is 1. The van der Waals surface area contributed by atoms with E-state index in [4.69, 9.17) is 0 Å². The Labute approximate surface area is 125 Å². The van der Waals surface area contributed by atoms with Crippen LogP contribution in [0.1, 0.15) is 22.5 Å². The number of halogens is 2. The van der Waals surface area contributed by atoms with Crippen LogP contribution >= 0.6 is 31.9 Å². The largest absolute Gasteiger partial charge is 0.477 e. The van der Waals surface area contributed by atoms with Gasteiger partial charge in [-0.3, -0.25) is 4.79 Å². The molecule has 6 heteroatoms. The van der Waals surface area contributed by atoms with Crippen LogP contribution in [-0.2, 0) is 13.0 Å². The Balaban J connectivity index is 2.55. The van der Waals surface area contributed by atoms with Crippen molar-refractivity contribution in [2.24, 2.45) is 0 Å². The number of pyridine rings is 1. The number of fused-ring (bicyclic) bond motifs is 3. The third-order valence-corrected chi connectivity index (χ3v) is 5.27. The Morgan fingerprint density at radius 1 is 1.26 bits per heavy atom. The summed E-state index contributed by atoms with van der Waals surface area (Å²) in [5, 5.41) is 9.72. The molecule has 0 bridgehead atoms. The molecule has 0 fully saturated rings. The smallest absolute Gasteiger partial charge is 0.341 e. The number of rotatable bonds is 1. The van der Waals surface area contributed by atoms with Crippen LogP contribution in [0.25, 0.3) is 10.9 Å². The van der Waals surface area contributed by atoms with Crippen molar-refractivity contribution in [1.29, 1.82) is 0 Å². The molecule has 98 valence electrons. The number of benzene rings is 1. The first kappa shape index (κ1) is 12.9. The SMILES string of the molecule is O=C(O)c1c2n(c3cc(Br)c(Br)cc3c1=O)CCC2. The third kappa shape index (κ3) is 1.85. The predicted octanol–water partition coefficient (Wildman–Crippen LogP) is 3.17. The van der Waals surface area contributed by atoms with Crippen molar-refractivity contribution in [1.82, 2.24) is 4.57 Å². The molecule has 0 radical (unpaired) electrons. The van der Waals surface area contributed by atoms with Crippen molar-refractivity contribution in [2.45, 2.75) is 19.4 Å². The number of nitrogens with zero attached hydrogens (tertiary/aromatic N) is 1. The molecule has 1 aromatic heterocycles. The number of aryl methyl sites for hydroxylation is 1. The van der Waals surface area contributed by atoms with E-state index in [1.165, 1.54) is 0 Å². The van der Waals surface area contributed by atoms with E-state index in [9.17, 15) is 14.7 Å². The predicted molar refractivity (Wildman–Crippen MR) is 78.9 cm³/mol. The summed E-state index contributed by atoms with van der Waals surface area (Å²) >= 11 is 6.77. The molecule has 1 aromatic carbocycles. The minimum atomic E-state index is -1.14. The number of hydrogen-bond acceptors (Lipinski definition) is 2. The number of carbonyl (C=O) groups is 1. The van der Waals surface area contributed by atoms with Crippen molar-refractivity contribution in [3.63, 3.8) is 0 Å². The molecule has 1 aliphatic rings. The second-order valence-electron chi connectivity index (χ2n) is 4.49. The number of carboxylic acids is 1. The maximum absolute atomic E-state index is 12.4. The van der Waals surface area contributed by atoms with Crippen LogP contribution in [0.15, 0.2) is 25.9 Å². The Morgan fingerprint density at radius 2 is 1.95 bits per heavy atom. The summed E-state index contributed by atoms with van der Waals surface area (Å²) in [6, 6.07) is 3.54. The molecule has 0 aliphatic carbocycles. The minimum absolute atomic E-state index is 0.0841. The van der Waals surface area contributed by atoms with Gasteiger partial charge in [0, 0.05) is 26.6 Å². The highest BCUT2D eigenvalue weighted by atomic mass is 79.9. The fraction of sp³-hybridized carbons (Fsp3) is 0.231. The van der Waals surface area contributed by atoms with Gasteiger partial charge in [0.2, 0.25) is 5.43 Å². The van der Waals surface area contributed by atoms with Gasteiger partial charge in [-0.15, -0.1) is 0 Å². The average Bonchev–Trinajstić information content (AvgIpc) is 2.80. The lowest BCUT2D eigenvalue weighted by atomic mass is 10.1. The van der Waals surface area contributed by atoms with E-state index in [0.717, 1.165) is 27.4 Å². The topological polar surface area (TPSA) is 59.3 Å². The quantitative estimate of drug-likeness (QED) is 0.818. The zero-order valence-corrected chi connectivity index (χ0v) is 12.9. The van der Waals surface area contributed by atoms with Gasteiger partial charge in [-0.25, -0.2) is 4.79 Å². The molecule has 0 saturated heterocycles. The first-order chi connectivity index (χ1) is 9.00. The zero-order valence-electron chi connectivity index (χ0n) is 9.74. The fourth-order valence-corrected chi connectivity index (χ4v) is 3.30. The summed E-state index contributed by atoms with van der Waals surface area (Å²) in [5.74, 6) is -1.14. The summed E-state index contributed by atoms with van der Waals surface area (Å²) in [6.45, 7) is 0.750. The Kier molecular flexibility index (Phi) is 3.02. The van der Waals surface area contributed by atoms with E-state index >= 15 is 0 Å². The van der Waals surface area contributed by atoms with Gasteiger partial charge in [-0.1, -0.05) is 0 Å². The third-order valence-electron chi connectivity index (χ3n) is 3.42. The monoisotopic (exact) mass is 385 g/mol. The normalized spacial score (nSPS) is 13.8.